The highest BCUT2D eigenvalue weighted by Crippen LogP contribution is 2.36. The third-order valence-electron chi connectivity index (χ3n) is 3.82. The van der Waals surface area contributed by atoms with Crippen LogP contribution in [0.2, 0.25) is 10.0 Å². The molecule has 1 amide bonds. The van der Waals surface area contributed by atoms with Crippen LogP contribution in [0.5, 0.6) is 0 Å². The smallest absolute Gasteiger partial charge is 0.320 e. The van der Waals surface area contributed by atoms with E-state index >= 15 is 0 Å². The number of hydrogen-bond donors (Lipinski definition) is 1. The van der Waals surface area contributed by atoms with Crippen LogP contribution in [0.4, 0.5) is 23.2 Å². The summed E-state index contributed by atoms with van der Waals surface area (Å²) in [5, 5.41) is 5.65. The lowest BCUT2D eigenvalue weighted by molar-refractivity contribution is -0.141. The molecule has 0 spiro atoms. The van der Waals surface area contributed by atoms with Crippen LogP contribution in [0.25, 0.3) is 11.1 Å². The van der Waals surface area contributed by atoms with E-state index in [2.05, 4.69) is 10.4 Å². The molecule has 1 heterocycles. The highest BCUT2D eigenvalue weighted by molar-refractivity contribution is 6.35. The van der Waals surface area contributed by atoms with E-state index in [0.29, 0.717) is 11.1 Å². The quantitative estimate of drug-likeness (QED) is 0.532. The molecule has 0 aliphatic carbocycles. The summed E-state index contributed by atoms with van der Waals surface area (Å²) < 4.78 is 54.1. The molecule has 1 N–H and O–H groups in total. The molecule has 0 atom stereocenters. The van der Waals surface area contributed by atoms with Crippen molar-refractivity contribution >= 4 is 34.8 Å². The summed E-state index contributed by atoms with van der Waals surface area (Å²) in [5.41, 5.74) is -1.30. The van der Waals surface area contributed by atoms with Crippen molar-refractivity contribution in [3.05, 3.63) is 69.7 Å². The van der Waals surface area contributed by atoms with E-state index in [4.69, 9.17) is 23.2 Å². The molecule has 0 unspecified atom stereocenters. The van der Waals surface area contributed by atoms with Crippen molar-refractivity contribution in [1.82, 2.24) is 9.78 Å². The molecule has 4 nitrogen and oxygen atoms in total. The molecule has 0 saturated heterocycles. The first kappa shape index (κ1) is 20.2. The van der Waals surface area contributed by atoms with Gasteiger partial charge in [0.2, 0.25) is 0 Å². The molecule has 10 heteroatoms. The van der Waals surface area contributed by atoms with Crippen molar-refractivity contribution in [2.45, 2.75) is 6.18 Å². The fraction of sp³-hybridized carbons (Fsp3) is 0.111. The van der Waals surface area contributed by atoms with Gasteiger partial charge in [0.15, 0.2) is 5.69 Å². The predicted molar refractivity (Wildman–Crippen MR) is 98.0 cm³/mol. The molecule has 0 aliphatic heterocycles. The first-order chi connectivity index (χ1) is 13.1. The molecular weight excluding hydrogens is 421 g/mol. The second-order valence-corrected chi connectivity index (χ2v) is 6.62. The van der Waals surface area contributed by atoms with E-state index in [1.165, 1.54) is 31.3 Å². The van der Waals surface area contributed by atoms with Crippen LogP contribution in [0.15, 0.2) is 42.6 Å². The Bertz CT molecular complexity index is 1060. The Labute approximate surface area is 166 Å². The van der Waals surface area contributed by atoms with E-state index in [1.807, 2.05) is 0 Å². The average molecular weight is 432 g/mol. The number of alkyl halides is 3. The zero-order valence-electron chi connectivity index (χ0n) is 14.1. The van der Waals surface area contributed by atoms with Gasteiger partial charge in [-0.15, -0.1) is 0 Å². The van der Waals surface area contributed by atoms with Crippen molar-refractivity contribution in [3.8, 4) is 11.1 Å². The Morgan fingerprint density at radius 2 is 1.86 bits per heavy atom. The van der Waals surface area contributed by atoms with Crippen LogP contribution in [-0.2, 0) is 13.2 Å². The van der Waals surface area contributed by atoms with E-state index in [1.54, 1.807) is 6.07 Å². The van der Waals surface area contributed by atoms with Crippen LogP contribution in [-0.4, -0.2) is 15.7 Å². The van der Waals surface area contributed by atoms with E-state index in [9.17, 15) is 22.4 Å². The van der Waals surface area contributed by atoms with Gasteiger partial charge >= 0.3 is 6.18 Å². The maximum Gasteiger partial charge on any atom is 0.435 e. The minimum Gasteiger partial charge on any atom is -0.320 e. The van der Waals surface area contributed by atoms with Gasteiger partial charge in [-0.1, -0.05) is 41.4 Å². The van der Waals surface area contributed by atoms with Crippen LogP contribution < -0.4 is 5.32 Å². The molecule has 146 valence electrons. The van der Waals surface area contributed by atoms with Crippen molar-refractivity contribution < 1.29 is 22.4 Å². The standard InChI is InChI=1S/C18H11Cl2F4N3O/c1-27-8-11(16(26-27)18(22,23)24)17(28)25-15-10(3-2-4-13(15)20)9-5-6-12(19)14(21)7-9/h2-8H,1H3,(H,25,28). The number of aromatic nitrogens is 2. The van der Waals surface area contributed by atoms with Crippen LogP contribution in [0.3, 0.4) is 0 Å². The van der Waals surface area contributed by atoms with Crippen molar-refractivity contribution in [2.75, 3.05) is 5.32 Å². The van der Waals surface area contributed by atoms with Crippen molar-refractivity contribution in [1.29, 1.82) is 0 Å². The highest BCUT2D eigenvalue weighted by atomic mass is 35.5. The summed E-state index contributed by atoms with van der Waals surface area (Å²) in [4.78, 5) is 12.5. The summed E-state index contributed by atoms with van der Waals surface area (Å²) in [6.07, 6.45) is -3.85. The molecule has 0 radical (unpaired) electrons. The minimum atomic E-state index is -4.81. The fourth-order valence-corrected chi connectivity index (χ4v) is 2.94. The SMILES string of the molecule is Cn1cc(C(=O)Nc2c(Cl)cccc2-c2ccc(Cl)c(F)c2)c(C(F)(F)F)n1. The van der Waals surface area contributed by atoms with Crippen molar-refractivity contribution in [2.24, 2.45) is 7.05 Å². The van der Waals surface area contributed by atoms with Gasteiger partial charge in [-0.25, -0.2) is 4.39 Å². The average Bonchev–Trinajstić information content (AvgIpc) is 3.01. The number of hydrogen-bond acceptors (Lipinski definition) is 2. The predicted octanol–water partition coefficient (Wildman–Crippen LogP) is 5.80. The number of nitrogens with one attached hydrogen (secondary N) is 1. The first-order valence-electron chi connectivity index (χ1n) is 7.74. The van der Waals surface area contributed by atoms with Gasteiger partial charge < -0.3 is 5.32 Å². The molecule has 1 aromatic heterocycles. The molecule has 3 aromatic rings. The Hall–Kier alpha value is -2.58. The Balaban J connectivity index is 2.04. The molecule has 0 bridgehead atoms. The zero-order chi connectivity index (χ0) is 20.6. The largest absolute Gasteiger partial charge is 0.435 e. The number of aryl methyl sites for hydroxylation is 1. The van der Waals surface area contributed by atoms with E-state index in [0.717, 1.165) is 16.9 Å². The third kappa shape index (κ3) is 3.98. The Kier molecular flexibility index (Phi) is 5.36. The molecule has 0 aliphatic rings. The molecule has 28 heavy (non-hydrogen) atoms. The maximum atomic E-state index is 13.8. The number of carbonyl (C=O) groups excluding carboxylic acids is 1. The number of rotatable bonds is 3. The number of nitrogens with zero attached hydrogens (tertiary/aromatic N) is 2. The third-order valence-corrected chi connectivity index (χ3v) is 4.45. The van der Waals surface area contributed by atoms with Gasteiger partial charge in [0.1, 0.15) is 5.82 Å². The van der Waals surface area contributed by atoms with Gasteiger partial charge in [0.25, 0.3) is 5.91 Å². The van der Waals surface area contributed by atoms with Gasteiger partial charge in [-0.05, 0) is 23.8 Å². The minimum absolute atomic E-state index is 0.0351. The maximum absolute atomic E-state index is 13.8. The molecule has 0 saturated carbocycles. The lowest BCUT2D eigenvalue weighted by Gasteiger charge is -2.14. The van der Waals surface area contributed by atoms with Crippen LogP contribution in [0.1, 0.15) is 16.1 Å². The second-order valence-electron chi connectivity index (χ2n) is 5.81. The van der Waals surface area contributed by atoms with Gasteiger partial charge in [-0.3, -0.25) is 9.48 Å². The van der Waals surface area contributed by atoms with Gasteiger partial charge in [-0.2, -0.15) is 18.3 Å². The number of benzene rings is 2. The second kappa shape index (κ2) is 7.44. The Morgan fingerprint density at radius 1 is 1.14 bits per heavy atom. The first-order valence-corrected chi connectivity index (χ1v) is 8.49. The fourth-order valence-electron chi connectivity index (χ4n) is 2.60. The normalized spacial score (nSPS) is 11.5. The monoisotopic (exact) mass is 431 g/mol. The summed E-state index contributed by atoms with van der Waals surface area (Å²) >= 11 is 11.8. The summed E-state index contributed by atoms with van der Waals surface area (Å²) in [6, 6.07) is 8.50. The molecule has 0 fully saturated rings. The Morgan fingerprint density at radius 3 is 2.50 bits per heavy atom. The van der Waals surface area contributed by atoms with E-state index < -0.39 is 29.2 Å². The zero-order valence-corrected chi connectivity index (χ0v) is 15.6. The molecule has 2 aromatic carbocycles. The van der Waals surface area contributed by atoms with E-state index in [-0.39, 0.29) is 15.7 Å². The number of anilines is 1. The van der Waals surface area contributed by atoms with Crippen molar-refractivity contribution in [3.63, 3.8) is 0 Å². The number of amides is 1. The summed E-state index contributed by atoms with van der Waals surface area (Å²) in [7, 11) is 1.27. The topological polar surface area (TPSA) is 46.9 Å². The van der Waals surface area contributed by atoms with Gasteiger partial charge in [0.05, 0.1) is 21.3 Å². The highest BCUT2D eigenvalue weighted by Gasteiger charge is 2.39. The summed E-state index contributed by atoms with van der Waals surface area (Å²) in [6.45, 7) is 0. The number of carbonyl (C=O) groups is 1. The number of para-hydroxylation sites is 1. The van der Waals surface area contributed by atoms with Gasteiger partial charge in [0, 0.05) is 18.8 Å². The molecule has 3 rings (SSSR count). The van der Waals surface area contributed by atoms with Crippen LogP contribution >= 0.6 is 23.2 Å². The lowest BCUT2D eigenvalue weighted by atomic mass is 10.0. The summed E-state index contributed by atoms with van der Waals surface area (Å²) in [5.74, 6) is -1.74. The lowest BCUT2D eigenvalue weighted by Crippen LogP contribution is -2.18. The molecular formula is C18H11Cl2F4N3O. The number of halogens is 6. The van der Waals surface area contributed by atoms with Crippen LogP contribution in [0, 0.1) is 5.82 Å².